The van der Waals surface area contributed by atoms with Crippen molar-refractivity contribution in [2.24, 2.45) is 0 Å². The van der Waals surface area contributed by atoms with Crippen LogP contribution in [0.5, 0.6) is 0 Å². The second-order valence-corrected chi connectivity index (χ2v) is 2.69. The zero-order valence-electron chi connectivity index (χ0n) is 8.07. The molecule has 0 amide bonds. The van der Waals surface area contributed by atoms with E-state index < -0.39 is 5.97 Å². The van der Waals surface area contributed by atoms with Crippen LogP contribution in [0.25, 0.3) is 0 Å². The molecule has 0 N–H and O–H groups in total. The van der Waals surface area contributed by atoms with Crippen LogP contribution in [0.1, 0.15) is 28.5 Å². The number of hydrogen-bond donors (Lipinski definition) is 0. The summed E-state index contributed by atoms with van der Waals surface area (Å²) in [5, 5.41) is 8.71. The van der Waals surface area contributed by atoms with Gasteiger partial charge in [0, 0.05) is 6.20 Å². The van der Waals surface area contributed by atoms with Crippen molar-refractivity contribution in [1.82, 2.24) is 4.98 Å². The van der Waals surface area contributed by atoms with Gasteiger partial charge in [0.15, 0.2) is 0 Å². The quantitative estimate of drug-likeness (QED) is 0.662. The first kappa shape index (κ1) is 10.2. The van der Waals surface area contributed by atoms with E-state index in [1.165, 1.54) is 12.3 Å². The number of hydrogen-bond acceptors (Lipinski definition) is 4. The van der Waals surface area contributed by atoms with Crippen molar-refractivity contribution in [1.29, 1.82) is 5.26 Å². The third-order valence-corrected chi connectivity index (χ3v) is 1.72. The molecule has 72 valence electrons. The summed E-state index contributed by atoms with van der Waals surface area (Å²) >= 11 is 0. The van der Waals surface area contributed by atoms with E-state index in [1.54, 1.807) is 13.8 Å². The summed E-state index contributed by atoms with van der Waals surface area (Å²) in [7, 11) is 0. The zero-order chi connectivity index (χ0) is 10.6. The molecule has 0 aromatic carbocycles. The fraction of sp³-hybridized carbons (Fsp3) is 0.300. The molecule has 0 aliphatic heterocycles. The number of pyridine rings is 1. The standard InChI is InChI=1S/C10H10N2O2/c1-3-14-10(13)9-4-8(5-11)7(2)12-6-9/h4,6H,3H2,1-2H3. The average molecular weight is 190 g/mol. The third-order valence-electron chi connectivity index (χ3n) is 1.72. The molecule has 0 spiro atoms. The average Bonchev–Trinajstić information content (AvgIpc) is 2.19. The van der Waals surface area contributed by atoms with Gasteiger partial charge in [-0.25, -0.2) is 4.79 Å². The van der Waals surface area contributed by atoms with E-state index in [2.05, 4.69) is 4.98 Å². The molecule has 1 aromatic heterocycles. The zero-order valence-corrected chi connectivity index (χ0v) is 8.07. The molecule has 4 nitrogen and oxygen atoms in total. The summed E-state index contributed by atoms with van der Waals surface area (Å²) in [6.45, 7) is 3.76. The highest BCUT2D eigenvalue weighted by Gasteiger charge is 2.09. The maximum absolute atomic E-state index is 11.3. The van der Waals surface area contributed by atoms with Crippen molar-refractivity contribution >= 4 is 5.97 Å². The maximum atomic E-state index is 11.3. The molecule has 1 heterocycles. The highest BCUT2D eigenvalue weighted by Crippen LogP contribution is 2.07. The predicted octanol–water partition coefficient (Wildman–Crippen LogP) is 1.44. The van der Waals surface area contributed by atoms with Crippen LogP contribution in [-0.4, -0.2) is 17.6 Å². The minimum absolute atomic E-state index is 0.314. The van der Waals surface area contributed by atoms with Gasteiger partial charge in [-0.15, -0.1) is 0 Å². The number of aromatic nitrogens is 1. The normalized spacial score (nSPS) is 9.21. The smallest absolute Gasteiger partial charge is 0.339 e. The Kier molecular flexibility index (Phi) is 3.19. The molecule has 0 aliphatic carbocycles. The number of esters is 1. The number of carbonyl (C=O) groups excluding carboxylic acids is 1. The Balaban J connectivity index is 3.02. The molecule has 0 atom stereocenters. The number of rotatable bonds is 2. The molecule has 4 heteroatoms. The van der Waals surface area contributed by atoms with Crippen LogP contribution in [-0.2, 0) is 4.74 Å². The van der Waals surface area contributed by atoms with Gasteiger partial charge in [0.1, 0.15) is 6.07 Å². The number of aryl methyl sites for hydroxylation is 1. The van der Waals surface area contributed by atoms with E-state index in [9.17, 15) is 4.79 Å². The number of nitrogens with zero attached hydrogens (tertiary/aromatic N) is 2. The van der Waals surface area contributed by atoms with Gasteiger partial charge in [-0.05, 0) is 19.9 Å². The van der Waals surface area contributed by atoms with Gasteiger partial charge >= 0.3 is 5.97 Å². The Hall–Kier alpha value is -1.89. The highest BCUT2D eigenvalue weighted by molar-refractivity contribution is 5.89. The molecule has 0 saturated heterocycles. The summed E-state index contributed by atoms with van der Waals surface area (Å²) in [6.07, 6.45) is 1.41. The first-order valence-corrected chi connectivity index (χ1v) is 4.23. The van der Waals surface area contributed by atoms with Crippen molar-refractivity contribution in [3.05, 3.63) is 29.1 Å². The Bertz CT molecular complexity index is 394. The van der Waals surface area contributed by atoms with Gasteiger partial charge in [0.2, 0.25) is 0 Å². The van der Waals surface area contributed by atoms with E-state index in [0.29, 0.717) is 23.4 Å². The maximum Gasteiger partial charge on any atom is 0.339 e. The van der Waals surface area contributed by atoms with E-state index in [1.807, 2.05) is 6.07 Å². The lowest BCUT2D eigenvalue weighted by Crippen LogP contribution is -2.06. The Morgan fingerprint density at radius 3 is 3.00 bits per heavy atom. The molecule has 0 unspecified atom stereocenters. The monoisotopic (exact) mass is 190 g/mol. The van der Waals surface area contributed by atoms with E-state index in [0.717, 1.165) is 0 Å². The van der Waals surface area contributed by atoms with Crippen molar-refractivity contribution in [3.8, 4) is 6.07 Å². The van der Waals surface area contributed by atoms with Crippen LogP contribution >= 0.6 is 0 Å². The van der Waals surface area contributed by atoms with E-state index in [-0.39, 0.29) is 0 Å². The SMILES string of the molecule is CCOC(=O)c1cnc(C)c(C#N)c1. The summed E-state index contributed by atoms with van der Waals surface area (Å²) in [6, 6.07) is 3.45. The van der Waals surface area contributed by atoms with Gasteiger partial charge in [-0.3, -0.25) is 4.98 Å². The first-order valence-electron chi connectivity index (χ1n) is 4.23. The van der Waals surface area contributed by atoms with Gasteiger partial charge < -0.3 is 4.74 Å². The van der Waals surface area contributed by atoms with E-state index in [4.69, 9.17) is 10.00 Å². The first-order chi connectivity index (χ1) is 6.69. The lowest BCUT2D eigenvalue weighted by molar-refractivity contribution is 0.0526. The molecule has 0 radical (unpaired) electrons. The number of carbonyl (C=O) groups is 1. The van der Waals surface area contributed by atoms with E-state index >= 15 is 0 Å². The Morgan fingerprint density at radius 2 is 2.43 bits per heavy atom. The summed E-state index contributed by atoms with van der Waals surface area (Å²) < 4.78 is 4.78. The summed E-state index contributed by atoms with van der Waals surface area (Å²) in [5.41, 5.74) is 1.32. The van der Waals surface area contributed by atoms with Gasteiger partial charge in [0.05, 0.1) is 23.4 Å². The molecule has 0 saturated carbocycles. The minimum atomic E-state index is -0.448. The van der Waals surface area contributed by atoms with Crippen molar-refractivity contribution in [2.45, 2.75) is 13.8 Å². The predicted molar refractivity (Wildman–Crippen MR) is 49.6 cm³/mol. The van der Waals surface area contributed by atoms with Gasteiger partial charge in [0.25, 0.3) is 0 Å². The molecular weight excluding hydrogens is 180 g/mol. The summed E-state index contributed by atoms with van der Waals surface area (Å²) in [5.74, 6) is -0.448. The molecule has 1 rings (SSSR count). The van der Waals surface area contributed by atoms with Crippen LogP contribution in [0.3, 0.4) is 0 Å². The molecule has 0 fully saturated rings. The molecule has 1 aromatic rings. The van der Waals surface area contributed by atoms with Crippen LogP contribution in [0, 0.1) is 18.3 Å². The lowest BCUT2D eigenvalue weighted by atomic mass is 10.1. The Labute approximate surface area is 82.1 Å². The fourth-order valence-electron chi connectivity index (χ4n) is 0.972. The molecule has 0 bridgehead atoms. The van der Waals surface area contributed by atoms with Crippen LogP contribution < -0.4 is 0 Å². The molecular formula is C10H10N2O2. The second-order valence-electron chi connectivity index (χ2n) is 2.69. The number of ether oxygens (including phenoxy) is 1. The largest absolute Gasteiger partial charge is 0.462 e. The van der Waals surface area contributed by atoms with Crippen molar-refractivity contribution in [2.75, 3.05) is 6.61 Å². The van der Waals surface area contributed by atoms with Crippen molar-refractivity contribution in [3.63, 3.8) is 0 Å². The van der Waals surface area contributed by atoms with Crippen LogP contribution in [0.2, 0.25) is 0 Å². The third kappa shape index (κ3) is 2.07. The minimum Gasteiger partial charge on any atom is -0.462 e. The summed E-state index contributed by atoms with van der Waals surface area (Å²) in [4.78, 5) is 15.2. The molecule has 14 heavy (non-hydrogen) atoms. The second kappa shape index (κ2) is 4.38. The Morgan fingerprint density at radius 1 is 1.71 bits per heavy atom. The van der Waals surface area contributed by atoms with Crippen LogP contribution in [0.15, 0.2) is 12.3 Å². The topological polar surface area (TPSA) is 63.0 Å². The van der Waals surface area contributed by atoms with Gasteiger partial charge in [-0.1, -0.05) is 0 Å². The lowest BCUT2D eigenvalue weighted by Gasteiger charge is -2.02. The fourth-order valence-corrected chi connectivity index (χ4v) is 0.972. The van der Waals surface area contributed by atoms with Crippen molar-refractivity contribution < 1.29 is 9.53 Å². The van der Waals surface area contributed by atoms with Crippen LogP contribution in [0.4, 0.5) is 0 Å². The molecule has 0 aliphatic rings. The van der Waals surface area contributed by atoms with Gasteiger partial charge in [-0.2, -0.15) is 5.26 Å². The number of nitriles is 1. The highest BCUT2D eigenvalue weighted by atomic mass is 16.5.